The second-order valence-electron chi connectivity index (χ2n) is 7.78. The molecule has 0 aliphatic carbocycles. The molecule has 0 fully saturated rings. The van der Waals surface area contributed by atoms with E-state index in [1.54, 1.807) is 18.3 Å². The van der Waals surface area contributed by atoms with E-state index in [4.69, 9.17) is 16.3 Å². The van der Waals surface area contributed by atoms with Crippen LogP contribution in [-0.4, -0.2) is 33.3 Å². The molecular formula is C27H20ClN5O2. The van der Waals surface area contributed by atoms with E-state index >= 15 is 0 Å². The Morgan fingerprint density at radius 1 is 0.914 bits per heavy atom. The van der Waals surface area contributed by atoms with E-state index in [1.165, 1.54) is 13.4 Å². The molecule has 0 bridgehead atoms. The van der Waals surface area contributed by atoms with Gasteiger partial charge in [-0.2, -0.15) is 0 Å². The van der Waals surface area contributed by atoms with E-state index in [9.17, 15) is 4.79 Å². The zero-order valence-electron chi connectivity index (χ0n) is 19.0. The van der Waals surface area contributed by atoms with Crippen LogP contribution in [0.5, 0.6) is 5.88 Å². The molecular weight excluding hydrogens is 462 g/mol. The number of hydrogen-bond donors (Lipinski definition) is 1. The van der Waals surface area contributed by atoms with Crippen molar-refractivity contribution in [2.24, 2.45) is 0 Å². The molecule has 3 heterocycles. The highest BCUT2D eigenvalue weighted by molar-refractivity contribution is 6.36. The number of nitrogens with zero attached hydrogens (tertiary/aromatic N) is 4. The molecule has 1 N–H and O–H groups in total. The number of aromatic nitrogens is 4. The lowest BCUT2D eigenvalue weighted by Gasteiger charge is -2.16. The maximum absolute atomic E-state index is 11.2. The molecule has 2 aromatic carbocycles. The SMILES string of the molecule is COc1nc(-c2cccc(-c3cccc(Nc4ncnc5cccnc45)c3C)c2Cl)ccc1C=O. The van der Waals surface area contributed by atoms with Crippen LogP contribution in [0.1, 0.15) is 15.9 Å². The van der Waals surface area contributed by atoms with Gasteiger partial charge in [-0.25, -0.2) is 15.0 Å². The highest BCUT2D eigenvalue weighted by atomic mass is 35.5. The molecule has 0 amide bonds. The predicted molar refractivity (Wildman–Crippen MR) is 137 cm³/mol. The number of carbonyl (C=O) groups is 1. The van der Waals surface area contributed by atoms with Crippen molar-refractivity contribution in [1.29, 1.82) is 0 Å². The maximum Gasteiger partial charge on any atom is 0.224 e. The minimum atomic E-state index is 0.257. The number of hydrogen-bond acceptors (Lipinski definition) is 7. The number of halogens is 1. The van der Waals surface area contributed by atoms with Crippen molar-refractivity contribution >= 4 is 40.4 Å². The Morgan fingerprint density at radius 3 is 2.54 bits per heavy atom. The second-order valence-corrected chi connectivity index (χ2v) is 8.15. The zero-order valence-corrected chi connectivity index (χ0v) is 19.7. The van der Waals surface area contributed by atoms with E-state index < -0.39 is 0 Å². The van der Waals surface area contributed by atoms with Crippen LogP contribution in [0.25, 0.3) is 33.4 Å². The van der Waals surface area contributed by atoms with Gasteiger partial charge in [0.1, 0.15) is 11.8 Å². The Morgan fingerprint density at radius 2 is 1.71 bits per heavy atom. The first-order valence-electron chi connectivity index (χ1n) is 10.8. The summed E-state index contributed by atoms with van der Waals surface area (Å²) < 4.78 is 5.27. The van der Waals surface area contributed by atoms with E-state index in [0.717, 1.165) is 33.5 Å². The van der Waals surface area contributed by atoms with Crippen LogP contribution in [0.3, 0.4) is 0 Å². The Kier molecular flexibility index (Phi) is 6.08. The van der Waals surface area contributed by atoms with Gasteiger partial charge in [-0.3, -0.25) is 9.78 Å². The second kappa shape index (κ2) is 9.48. The van der Waals surface area contributed by atoms with Crippen LogP contribution >= 0.6 is 11.6 Å². The highest BCUT2D eigenvalue weighted by Gasteiger charge is 2.16. The molecule has 0 aliphatic rings. The van der Waals surface area contributed by atoms with Gasteiger partial charge < -0.3 is 10.1 Å². The quantitative estimate of drug-likeness (QED) is 0.285. The Bertz CT molecular complexity index is 1570. The highest BCUT2D eigenvalue weighted by Crippen LogP contribution is 2.39. The minimum absolute atomic E-state index is 0.257. The summed E-state index contributed by atoms with van der Waals surface area (Å²) in [5.41, 5.74) is 6.89. The third kappa shape index (κ3) is 4.18. The summed E-state index contributed by atoms with van der Waals surface area (Å²) in [6.45, 7) is 2.03. The van der Waals surface area contributed by atoms with Crippen molar-refractivity contribution in [3.05, 3.63) is 89.3 Å². The summed E-state index contributed by atoms with van der Waals surface area (Å²) in [7, 11) is 1.48. The van der Waals surface area contributed by atoms with Gasteiger partial charge in [-0.15, -0.1) is 0 Å². The molecule has 3 aromatic heterocycles. The summed E-state index contributed by atoms with van der Waals surface area (Å²) in [4.78, 5) is 28.8. The molecule has 0 saturated carbocycles. The molecule has 172 valence electrons. The lowest BCUT2D eigenvalue weighted by Crippen LogP contribution is -2.00. The molecule has 0 aliphatic heterocycles. The van der Waals surface area contributed by atoms with E-state index in [1.807, 2.05) is 55.5 Å². The van der Waals surface area contributed by atoms with Gasteiger partial charge in [0.15, 0.2) is 12.1 Å². The van der Waals surface area contributed by atoms with Crippen LogP contribution < -0.4 is 10.1 Å². The number of anilines is 2. The number of carbonyl (C=O) groups excluding carboxylic acids is 1. The smallest absolute Gasteiger partial charge is 0.224 e. The van der Waals surface area contributed by atoms with Crippen molar-refractivity contribution in [2.75, 3.05) is 12.4 Å². The normalized spacial score (nSPS) is 10.8. The van der Waals surface area contributed by atoms with Crippen LogP contribution in [0.15, 0.2) is 73.2 Å². The fourth-order valence-electron chi connectivity index (χ4n) is 3.97. The summed E-state index contributed by atoms with van der Waals surface area (Å²) in [6.07, 6.45) is 3.95. The minimum Gasteiger partial charge on any atom is -0.480 e. The molecule has 8 heteroatoms. The van der Waals surface area contributed by atoms with Gasteiger partial charge in [0, 0.05) is 23.0 Å². The summed E-state index contributed by atoms with van der Waals surface area (Å²) >= 11 is 6.91. The zero-order chi connectivity index (χ0) is 24.4. The standard InChI is InChI=1S/C27H20ClN5O2/c1-16-18(6-4-9-21(16)32-26-25-23(30-15-31-26)10-5-13-29-25)19-7-3-8-20(24(19)28)22-12-11-17(14-34)27(33-22)35-2/h3-15H,1-2H3,(H,30,31,32). The number of aldehydes is 1. The molecule has 5 aromatic rings. The molecule has 5 rings (SSSR count). The lowest BCUT2D eigenvalue weighted by molar-refractivity contribution is 0.112. The first kappa shape index (κ1) is 22.4. The number of rotatable bonds is 6. The number of nitrogens with one attached hydrogen (secondary N) is 1. The topological polar surface area (TPSA) is 89.9 Å². The van der Waals surface area contributed by atoms with E-state index in [2.05, 4.69) is 25.3 Å². The van der Waals surface area contributed by atoms with Crippen LogP contribution in [0, 0.1) is 6.92 Å². The van der Waals surface area contributed by atoms with Crippen molar-refractivity contribution in [3.8, 4) is 28.3 Å². The first-order valence-corrected chi connectivity index (χ1v) is 11.2. The Hall–Kier alpha value is -4.36. The lowest BCUT2D eigenvalue weighted by atomic mass is 9.96. The summed E-state index contributed by atoms with van der Waals surface area (Å²) in [6, 6.07) is 18.9. The largest absolute Gasteiger partial charge is 0.480 e. The number of methoxy groups -OCH3 is 1. The van der Waals surface area contributed by atoms with Crippen molar-refractivity contribution < 1.29 is 9.53 Å². The molecule has 0 unspecified atom stereocenters. The third-order valence-electron chi connectivity index (χ3n) is 5.76. The average Bonchev–Trinajstić information content (AvgIpc) is 2.90. The van der Waals surface area contributed by atoms with Crippen LogP contribution in [-0.2, 0) is 0 Å². The molecule has 0 atom stereocenters. The van der Waals surface area contributed by atoms with Gasteiger partial charge >= 0.3 is 0 Å². The van der Waals surface area contributed by atoms with Crippen LogP contribution in [0.2, 0.25) is 5.02 Å². The molecule has 0 spiro atoms. The van der Waals surface area contributed by atoms with Gasteiger partial charge in [0.05, 0.1) is 28.9 Å². The predicted octanol–water partition coefficient (Wildman–Crippen LogP) is 6.28. The fraction of sp³-hybridized carbons (Fsp3) is 0.0741. The summed E-state index contributed by atoms with van der Waals surface area (Å²) in [5, 5.41) is 3.95. The fourth-order valence-corrected chi connectivity index (χ4v) is 4.29. The van der Waals surface area contributed by atoms with E-state index in [0.29, 0.717) is 33.9 Å². The van der Waals surface area contributed by atoms with Gasteiger partial charge in [0.2, 0.25) is 5.88 Å². The molecule has 0 radical (unpaired) electrons. The first-order chi connectivity index (χ1) is 17.1. The molecule has 35 heavy (non-hydrogen) atoms. The van der Waals surface area contributed by atoms with Crippen molar-refractivity contribution in [2.45, 2.75) is 6.92 Å². The Balaban J connectivity index is 1.57. The number of benzene rings is 2. The summed E-state index contributed by atoms with van der Waals surface area (Å²) in [5.74, 6) is 0.884. The average molecular weight is 482 g/mol. The van der Waals surface area contributed by atoms with Gasteiger partial charge in [-0.05, 0) is 48.4 Å². The van der Waals surface area contributed by atoms with Gasteiger partial charge in [-0.1, -0.05) is 41.9 Å². The Labute approximate surface area is 206 Å². The van der Waals surface area contributed by atoms with Crippen LogP contribution in [0.4, 0.5) is 11.5 Å². The number of ether oxygens (including phenoxy) is 1. The molecule has 0 saturated heterocycles. The molecule has 7 nitrogen and oxygen atoms in total. The third-order valence-corrected chi connectivity index (χ3v) is 6.16. The number of fused-ring (bicyclic) bond motifs is 1. The van der Waals surface area contributed by atoms with Crippen molar-refractivity contribution in [3.63, 3.8) is 0 Å². The monoisotopic (exact) mass is 481 g/mol. The van der Waals surface area contributed by atoms with Crippen molar-refractivity contribution in [1.82, 2.24) is 19.9 Å². The van der Waals surface area contributed by atoms with E-state index in [-0.39, 0.29) is 5.88 Å². The number of pyridine rings is 2. The maximum atomic E-state index is 11.2. The van der Waals surface area contributed by atoms with Gasteiger partial charge in [0.25, 0.3) is 0 Å².